The van der Waals surface area contributed by atoms with Crippen LogP contribution in [0.5, 0.6) is 0 Å². The zero-order valence-corrected chi connectivity index (χ0v) is 12.7. The van der Waals surface area contributed by atoms with Crippen molar-refractivity contribution >= 4 is 12.2 Å². The van der Waals surface area contributed by atoms with Crippen molar-refractivity contribution in [2.24, 2.45) is 0 Å². The highest BCUT2D eigenvalue weighted by Crippen LogP contribution is 2.15. The van der Waals surface area contributed by atoms with Crippen molar-refractivity contribution in [1.82, 2.24) is 14.7 Å². The number of ether oxygens (including phenoxy) is 1. The molecule has 0 saturated heterocycles. The SMILES string of the molecule is CCCc1cc2n(n1)CCN(C(=O)OC(C)(C)C)C=C2. The fraction of sp³-hybridized carbons (Fsp3) is 0.600. The number of hydrogen-bond donors (Lipinski definition) is 0. The van der Waals surface area contributed by atoms with Gasteiger partial charge in [0.25, 0.3) is 0 Å². The summed E-state index contributed by atoms with van der Waals surface area (Å²) in [6.07, 6.45) is 5.47. The van der Waals surface area contributed by atoms with Crippen LogP contribution in [0, 0.1) is 0 Å². The summed E-state index contributed by atoms with van der Waals surface area (Å²) < 4.78 is 7.33. The molecule has 1 aromatic rings. The van der Waals surface area contributed by atoms with Crippen LogP contribution in [-0.2, 0) is 17.7 Å². The number of nitrogens with zero attached hydrogens (tertiary/aromatic N) is 3. The summed E-state index contributed by atoms with van der Waals surface area (Å²) in [7, 11) is 0. The van der Waals surface area contributed by atoms with E-state index in [2.05, 4.69) is 18.1 Å². The predicted octanol–water partition coefficient (Wildman–Crippen LogP) is 3.06. The van der Waals surface area contributed by atoms with Crippen molar-refractivity contribution in [2.75, 3.05) is 6.54 Å². The first kappa shape index (κ1) is 14.6. The molecule has 5 heteroatoms. The summed E-state index contributed by atoms with van der Waals surface area (Å²) in [5, 5.41) is 4.56. The van der Waals surface area contributed by atoms with Gasteiger partial charge in [-0.05, 0) is 39.3 Å². The van der Waals surface area contributed by atoms with Gasteiger partial charge in [-0.1, -0.05) is 13.3 Å². The minimum atomic E-state index is -0.473. The number of amides is 1. The van der Waals surface area contributed by atoms with Gasteiger partial charge in [0.15, 0.2) is 0 Å². The molecule has 1 aromatic heterocycles. The Hall–Kier alpha value is -1.78. The molecule has 0 bridgehead atoms. The molecule has 0 aromatic carbocycles. The van der Waals surface area contributed by atoms with Gasteiger partial charge in [-0.3, -0.25) is 9.58 Å². The van der Waals surface area contributed by atoms with Gasteiger partial charge in [0.2, 0.25) is 0 Å². The van der Waals surface area contributed by atoms with Crippen LogP contribution >= 0.6 is 0 Å². The highest BCUT2D eigenvalue weighted by Gasteiger charge is 2.22. The molecule has 0 aliphatic carbocycles. The summed E-state index contributed by atoms with van der Waals surface area (Å²) in [6, 6.07) is 2.08. The van der Waals surface area contributed by atoms with Crippen LogP contribution in [0.2, 0.25) is 0 Å². The lowest BCUT2D eigenvalue weighted by Crippen LogP contribution is -2.34. The van der Waals surface area contributed by atoms with Crippen LogP contribution in [0.1, 0.15) is 45.5 Å². The Balaban J connectivity index is 2.07. The fourth-order valence-electron chi connectivity index (χ4n) is 2.09. The highest BCUT2D eigenvalue weighted by molar-refractivity contribution is 5.70. The van der Waals surface area contributed by atoms with E-state index >= 15 is 0 Å². The van der Waals surface area contributed by atoms with E-state index in [0.717, 1.165) is 24.2 Å². The second kappa shape index (κ2) is 5.69. The quantitative estimate of drug-likeness (QED) is 0.834. The lowest BCUT2D eigenvalue weighted by Gasteiger charge is -2.24. The van der Waals surface area contributed by atoms with E-state index in [-0.39, 0.29) is 6.09 Å². The molecule has 2 heterocycles. The average molecular weight is 277 g/mol. The number of aryl methyl sites for hydroxylation is 1. The molecule has 0 atom stereocenters. The monoisotopic (exact) mass is 277 g/mol. The smallest absolute Gasteiger partial charge is 0.414 e. The van der Waals surface area contributed by atoms with Gasteiger partial charge in [-0.2, -0.15) is 5.10 Å². The molecule has 0 fully saturated rings. The molecule has 0 spiro atoms. The van der Waals surface area contributed by atoms with E-state index in [9.17, 15) is 4.79 Å². The van der Waals surface area contributed by atoms with Crippen LogP contribution in [-0.4, -0.2) is 32.9 Å². The first-order valence-corrected chi connectivity index (χ1v) is 7.13. The summed E-state index contributed by atoms with van der Waals surface area (Å²) in [6.45, 7) is 9.01. The molecule has 1 amide bonds. The van der Waals surface area contributed by atoms with Crippen molar-refractivity contribution < 1.29 is 9.53 Å². The van der Waals surface area contributed by atoms with Gasteiger partial charge in [0, 0.05) is 12.7 Å². The van der Waals surface area contributed by atoms with Crippen LogP contribution in [0.3, 0.4) is 0 Å². The normalized spacial score (nSPS) is 14.9. The maximum Gasteiger partial charge on any atom is 0.414 e. The Morgan fingerprint density at radius 3 is 2.80 bits per heavy atom. The summed E-state index contributed by atoms with van der Waals surface area (Å²) in [5.41, 5.74) is 1.68. The Morgan fingerprint density at radius 2 is 2.15 bits per heavy atom. The molecule has 110 valence electrons. The van der Waals surface area contributed by atoms with Gasteiger partial charge in [0.1, 0.15) is 5.60 Å². The van der Waals surface area contributed by atoms with Crippen LogP contribution in [0.4, 0.5) is 4.79 Å². The summed E-state index contributed by atoms with van der Waals surface area (Å²) in [4.78, 5) is 13.6. The van der Waals surface area contributed by atoms with Gasteiger partial charge in [-0.15, -0.1) is 0 Å². The van der Waals surface area contributed by atoms with Crippen LogP contribution in [0.15, 0.2) is 12.3 Å². The standard InChI is InChI=1S/C15H23N3O2/c1-5-6-12-11-13-7-8-17(9-10-18(13)16-12)14(19)20-15(2,3)4/h7-8,11H,5-6,9-10H2,1-4H3. The van der Waals surface area contributed by atoms with Gasteiger partial charge >= 0.3 is 6.09 Å². The van der Waals surface area contributed by atoms with Gasteiger partial charge in [0.05, 0.1) is 17.9 Å². The number of aromatic nitrogens is 2. The number of carbonyl (C=O) groups excluding carboxylic acids is 1. The molecular weight excluding hydrogens is 254 g/mol. The molecule has 20 heavy (non-hydrogen) atoms. The maximum atomic E-state index is 12.0. The zero-order chi connectivity index (χ0) is 14.8. The molecule has 5 nitrogen and oxygen atoms in total. The second-order valence-corrected chi connectivity index (χ2v) is 6.02. The Morgan fingerprint density at radius 1 is 1.40 bits per heavy atom. The van der Waals surface area contributed by atoms with E-state index in [1.54, 1.807) is 11.1 Å². The second-order valence-electron chi connectivity index (χ2n) is 6.02. The zero-order valence-electron chi connectivity index (χ0n) is 12.7. The van der Waals surface area contributed by atoms with Crippen LogP contribution < -0.4 is 0 Å². The van der Waals surface area contributed by atoms with E-state index in [1.165, 1.54) is 0 Å². The van der Waals surface area contributed by atoms with E-state index in [0.29, 0.717) is 13.1 Å². The first-order valence-electron chi connectivity index (χ1n) is 7.13. The molecule has 1 aliphatic heterocycles. The van der Waals surface area contributed by atoms with Crippen molar-refractivity contribution in [2.45, 2.75) is 52.7 Å². The van der Waals surface area contributed by atoms with Crippen molar-refractivity contribution in [3.8, 4) is 0 Å². The molecule has 0 radical (unpaired) electrons. The number of rotatable bonds is 2. The number of carbonyl (C=O) groups is 1. The number of fused-ring (bicyclic) bond motifs is 1. The van der Waals surface area contributed by atoms with Crippen molar-refractivity contribution in [3.63, 3.8) is 0 Å². The molecule has 0 saturated carbocycles. The Labute approximate surface area is 120 Å². The minimum Gasteiger partial charge on any atom is -0.443 e. The topological polar surface area (TPSA) is 47.4 Å². The van der Waals surface area contributed by atoms with E-state index in [4.69, 9.17) is 4.74 Å². The molecule has 0 unspecified atom stereocenters. The maximum absolute atomic E-state index is 12.0. The Kier molecular flexibility index (Phi) is 4.16. The molecular formula is C15H23N3O2. The van der Waals surface area contributed by atoms with Gasteiger partial charge < -0.3 is 4.74 Å². The Bertz CT molecular complexity index is 512. The van der Waals surface area contributed by atoms with Crippen molar-refractivity contribution in [3.05, 3.63) is 23.7 Å². The minimum absolute atomic E-state index is 0.312. The third kappa shape index (κ3) is 3.62. The third-order valence-electron chi connectivity index (χ3n) is 2.97. The fourth-order valence-corrected chi connectivity index (χ4v) is 2.09. The van der Waals surface area contributed by atoms with Crippen LogP contribution in [0.25, 0.3) is 6.08 Å². The molecule has 1 aliphatic rings. The summed E-state index contributed by atoms with van der Waals surface area (Å²) in [5.74, 6) is 0. The number of hydrogen-bond acceptors (Lipinski definition) is 3. The summed E-state index contributed by atoms with van der Waals surface area (Å²) >= 11 is 0. The molecule has 2 rings (SSSR count). The lowest BCUT2D eigenvalue weighted by molar-refractivity contribution is 0.0332. The van der Waals surface area contributed by atoms with E-state index in [1.807, 2.05) is 31.5 Å². The van der Waals surface area contributed by atoms with E-state index < -0.39 is 5.60 Å². The first-order chi connectivity index (χ1) is 9.39. The lowest BCUT2D eigenvalue weighted by atomic mass is 10.2. The highest BCUT2D eigenvalue weighted by atomic mass is 16.6. The van der Waals surface area contributed by atoms with Crippen molar-refractivity contribution in [1.29, 1.82) is 0 Å². The third-order valence-corrected chi connectivity index (χ3v) is 2.97. The van der Waals surface area contributed by atoms with Gasteiger partial charge in [-0.25, -0.2) is 4.79 Å². The molecule has 0 N–H and O–H groups in total. The average Bonchev–Trinajstić information content (AvgIpc) is 2.59. The predicted molar refractivity (Wildman–Crippen MR) is 78.2 cm³/mol. The largest absolute Gasteiger partial charge is 0.443 e.